The molecule has 0 aliphatic rings. The van der Waals surface area contributed by atoms with Crippen molar-refractivity contribution in [1.82, 2.24) is 0 Å². The van der Waals surface area contributed by atoms with Crippen LogP contribution in [0.4, 0.5) is 0 Å². The van der Waals surface area contributed by atoms with Gasteiger partial charge < -0.3 is 5.11 Å². The fraction of sp³-hybridized carbons (Fsp3) is 0.333. The molecule has 0 fully saturated rings. The Balaban J connectivity index is 2.50. The molecule has 0 aliphatic carbocycles. The molecular formula is C12H13ClO. The van der Waals surface area contributed by atoms with Gasteiger partial charge in [-0.05, 0) is 31.0 Å². The largest absolute Gasteiger partial charge is 0.392 e. The van der Waals surface area contributed by atoms with Crippen LogP contribution in [0.15, 0.2) is 24.3 Å². The second kappa shape index (κ2) is 5.70. The molecule has 0 heterocycles. The first kappa shape index (κ1) is 11.1. The summed E-state index contributed by atoms with van der Waals surface area (Å²) in [6.45, 7) is 1.77. The molecule has 1 atom stereocenters. The van der Waals surface area contributed by atoms with Crippen molar-refractivity contribution in [3.8, 4) is 11.8 Å². The Morgan fingerprint density at radius 1 is 1.36 bits per heavy atom. The van der Waals surface area contributed by atoms with Crippen LogP contribution < -0.4 is 0 Å². The highest BCUT2D eigenvalue weighted by atomic mass is 35.5. The van der Waals surface area contributed by atoms with Gasteiger partial charge in [0.1, 0.15) is 0 Å². The van der Waals surface area contributed by atoms with Crippen LogP contribution in [0.25, 0.3) is 0 Å². The Labute approximate surface area is 89.7 Å². The lowest BCUT2D eigenvalue weighted by molar-refractivity contribution is 0.180. The van der Waals surface area contributed by atoms with Gasteiger partial charge in [-0.25, -0.2) is 0 Å². The molecule has 1 aromatic rings. The molecule has 0 saturated heterocycles. The van der Waals surface area contributed by atoms with Crippen molar-refractivity contribution in [2.75, 3.05) is 0 Å². The topological polar surface area (TPSA) is 20.2 Å². The Kier molecular flexibility index (Phi) is 4.52. The molecule has 0 bridgehead atoms. The van der Waals surface area contributed by atoms with Crippen LogP contribution in [0.5, 0.6) is 0 Å². The Bertz CT molecular complexity index is 332. The molecule has 1 aromatic carbocycles. The van der Waals surface area contributed by atoms with Crippen molar-refractivity contribution in [3.63, 3.8) is 0 Å². The maximum atomic E-state index is 9.57. The van der Waals surface area contributed by atoms with Crippen LogP contribution in [-0.4, -0.2) is 11.2 Å². The highest BCUT2D eigenvalue weighted by Crippen LogP contribution is 2.11. The molecule has 0 amide bonds. The van der Waals surface area contributed by atoms with Gasteiger partial charge in [-0.2, -0.15) is 0 Å². The molecule has 1 rings (SSSR count). The fourth-order valence-electron chi connectivity index (χ4n) is 1.18. The Hall–Kier alpha value is -0.970. The Morgan fingerprint density at radius 2 is 2.00 bits per heavy atom. The Morgan fingerprint density at radius 3 is 2.57 bits per heavy atom. The minimum absolute atomic E-state index is 0.386. The van der Waals surface area contributed by atoms with E-state index >= 15 is 0 Å². The number of rotatable bonds is 3. The lowest BCUT2D eigenvalue weighted by atomic mass is 10.1. The van der Waals surface area contributed by atoms with E-state index in [0.717, 1.165) is 10.6 Å². The monoisotopic (exact) mass is 208 g/mol. The van der Waals surface area contributed by atoms with Crippen molar-refractivity contribution in [2.24, 2.45) is 0 Å². The molecule has 14 heavy (non-hydrogen) atoms. The maximum Gasteiger partial charge on any atom is 0.0689 e. The molecule has 0 radical (unpaired) electrons. The molecule has 1 nitrogen and oxygen atoms in total. The molecule has 0 saturated carbocycles. The second-order valence-corrected chi connectivity index (χ2v) is 3.55. The van der Waals surface area contributed by atoms with E-state index in [4.69, 9.17) is 11.6 Å². The lowest BCUT2D eigenvalue weighted by Crippen LogP contribution is -2.08. The van der Waals surface area contributed by atoms with Crippen LogP contribution >= 0.6 is 11.6 Å². The van der Waals surface area contributed by atoms with Crippen molar-refractivity contribution < 1.29 is 5.11 Å². The van der Waals surface area contributed by atoms with Gasteiger partial charge in [0.05, 0.1) is 6.10 Å². The van der Waals surface area contributed by atoms with Gasteiger partial charge in [-0.3, -0.25) is 0 Å². The van der Waals surface area contributed by atoms with Crippen LogP contribution in [-0.2, 0) is 6.42 Å². The van der Waals surface area contributed by atoms with Crippen molar-refractivity contribution in [2.45, 2.75) is 25.9 Å². The lowest BCUT2D eigenvalue weighted by Gasteiger charge is -2.06. The van der Waals surface area contributed by atoms with Gasteiger partial charge in [0.15, 0.2) is 0 Å². The van der Waals surface area contributed by atoms with E-state index in [9.17, 15) is 5.11 Å². The highest BCUT2D eigenvalue weighted by molar-refractivity contribution is 6.30. The third kappa shape index (κ3) is 3.83. The maximum absolute atomic E-state index is 9.57. The van der Waals surface area contributed by atoms with Gasteiger partial charge in [0.25, 0.3) is 0 Å². The minimum atomic E-state index is -0.386. The number of hydrogen-bond acceptors (Lipinski definition) is 1. The number of aliphatic hydroxyl groups excluding tert-OH is 1. The first-order chi connectivity index (χ1) is 6.72. The van der Waals surface area contributed by atoms with Gasteiger partial charge in [-0.1, -0.05) is 23.7 Å². The predicted octanol–water partition coefficient (Wildman–Crippen LogP) is 2.66. The van der Waals surface area contributed by atoms with Gasteiger partial charge >= 0.3 is 0 Å². The quantitative estimate of drug-likeness (QED) is 0.758. The fourth-order valence-corrected chi connectivity index (χ4v) is 1.31. The summed E-state index contributed by atoms with van der Waals surface area (Å²) in [6, 6.07) is 7.50. The van der Waals surface area contributed by atoms with E-state index in [1.165, 1.54) is 0 Å². The smallest absolute Gasteiger partial charge is 0.0689 e. The van der Waals surface area contributed by atoms with E-state index in [0.29, 0.717) is 12.8 Å². The first-order valence-electron chi connectivity index (χ1n) is 4.54. The normalized spacial score (nSPS) is 11.6. The van der Waals surface area contributed by atoms with Crippen LogP contribution in [0, 0.1) is 11.8 Å². The summed E-state index contributed by atoms with van der Waals surface area (Å²) in [4.78, 5) is 0. The molecule has 2 heteroatoms. The molecule has 74 valence electrons. The minimum Gasteiger partial charge on any atom is -0.392 e. The number of benzene rings is 1. The zero-order valence-electron chi connectivity index (χ0n) is 8.13. The average molecular weight is 209 g/mol. The predicted molar refractivity (Wildman–Crippen MR) is 59.2 cm³/mol. The summed E-state index contributed by atoms with van der Waals surface area (Å²) in [5.41, 5.74) is 1.08. The number of halogens is 1. The molecular weight excluding hydrogens is 196 g/mol. The third-order valence-electron chi connectivity index (χ3n) is 1.90. The van der Waals surface area contributed by atoms with Crippen molar-refractivity contribution in [1.29, 1.82) is 0 Å². The van der Waals surface area contributed by atoms with E-state index in [-0.39, 0.29) is 6.10 Å². The van der Waals surface area contributed by atoms with E-state index < -0.39 is 0 Å². The van der Waals surface area contributed by atoms with E-state index in [1.54, 1.807) is 6.92 Å². The third-order valence-corrected chi connectivity index (χ3v) is 2.15. The molecule has 0 spiro atoms. The zero-order chi connectivity index (χ0) is 10.4. The number of hydrogen-bond donors (Lipinski definition) is 1. The number of aliphatic hydroxyl groups is 1. The van der Waals surface area contributed by atoms with Crippen LogP contribution in [0.1, 0.15) is 18.9 Å². The van der Waals surface area contributed by atoms with Gasteiger partial charge in [0.2, 0.25) is 0 Å². The summed E-state index contributed by atoms with van der Waals surface area (Å²) in [5, 5.41) is 10.3. The SMILES string of the molecule is CC#CCC(O)Cc1ccc(Cl)cc1. The highest BCUT2D eigenvalue weighted by Gasteiger charge is 2.03. The van der Waals surface area contributed by atoms with Gasteiger partial charge in [-0.15, -0.1) is 11.8 Å². The van der Waals surface area contributed by atoms with Crippen LogP contribution in [0.2, 0.25) is 5.02 Å². The van der Waals surface area contributed by atoms with Crippen LogP contribution in [0.3, 0.4) is 0 Å². The van der Waals surface area contributed by atoms with E-state index in [1.807, 2.05) is 24.3 Å². The average Bonchev–Trinajstić information content (AvgIpc) is 2.18. The summed E-state index contributed by atoms with van der Waals surface area (Å²) in [7, 11) is 0. The summed E-state index contributed by atoms with van der Waals surface area (Å²) < 4.78 is 0. The van der Waals surface area contributed by atoms with Gasteiger partial charge in [0, 0.05) is 11.4 Å². The summed E-state index contributed by atoms with van der Waals surface area (Å²) >= 11 is 5.75. The first-order valence-corrected chi connectivity index (χ1v) is 4.92. The standard InChI is InChI=1S/C12H13ClO/c1-2-3-4-12(14)9-10-5-7-11(13)8-6-10/h5-8,12,14H,4,9H2,1H3. The second-order valence-electron chi connectivity index (χ2n) is 3.12. The molecule has 1 unspecified atom stereocenters. The van der Waals surface area contributed by atoms with E-state index in [2.05, 4.69) is 11.8 Å². The molecule has 0 aromatic heterocycles. The molecule has 0 aliphatic heterocycles. The van der Waals surface area contributed by atoms with Crippen molar-refractivity contribution in [3.05, 3.63) is 34.9 Å². The zero-order valence-corrected chi connectivity index (χ0v) is 8.88. The summed E-state index contributed by atoms with van der Waals surface area (Å²) in [5.74, 6) is 5.62. The van der Waals surface area contributed by atoms with Crippen molar-refractivity contribution >= 4 is 11.6 Å². The summed E-state index contributed by atoms with van der Waals surface area (Å²) in [6.07, 6.45) is 0.772. The molecule has 1 N–H and O–H groups in total.